The monoisotopic (exact) mass is 543 g/mol. The molecule has 2 N–H and O–H groups in total. The average Bonchev–Trinajstić information content (AvgIpc) is 3.26. The van der Waals surface area contributed by atoms with Crippen LogP contribution in [-0.2, 0) is 14.9 Å². The van der Waals surface area contributed by atoms with Gasteiger partial charge in [-0.2, -0.15) is 0 Å². The van der Waals surface area contributed by atoms with Gasteiger partial charge in [-0.3, -0.25) is 4.99 Å². The molecule has 1 saturated heterocycles. The van der Waals surface area contributed by atoms with Crippen LogP contribution in [0.3, 0.4) is 0 Å². The van der Waals surface area contributed by atoms with Crippen LogP contribution in [0, 0.1) is 5.41 Å². The maximum atomic E-state index is 5.69. The fourth-order valence-electron chi connectivity index (χ4n) is 5.01. The Balaban J connectivity index is 0.00000341. The van der Waals surface area contributed by atoms with Crippen molar-refractivity contribution in [2.24, 2.45) is 10.4 Å². The van der Waals surface area contributed by atoms with E-state index in [0.29, 0.717) is 5.41 Å². The van der Waals surface area contributed by atoms with E-state index in [1.54, 1.807) is 0 Å². The van der Waals surface area contributed by atoms with Gasteiger partial charge in [0, 0.05) is 51.5 Å². The van der Waals surface area contributed by atoms with Crippen LogP contribution in [0.1, 0.15) is 64.4 Å². The van der Waals surface area contributed by atoms with Gasteiger partial charge in [0.2, 0.25) is 0 Å². The fraction of sp³-hybridized carbons (Fsp3) is 0.720. The Hall–Kier alpha value is -0.860. The molecule has 2 fully saturated rings. The highest BCUT2D eigenvalue weighted by atomic mass is 127. The van der Waals surface area contributed by atoms with Crippen LogP contribution in [0.4, 0.5) is 0 Å². The molecule has 0 radical (unpaired) electrons. The van der Waals surface area contributed by atoms with Gasteiger partial charge in [-0.1, -0.05) is 43.2 Å². The SMILES string of the molecule is CCNC(=NCC1(CCOCC)CCCC1)NCC1(c2ccccc2)CCOCC1.I. The first-order valence-corrected chi connectivity index (χ1v) is 12.0. The maximum Gasteiger partial charge on any atom is 0.191 e. The zero-order valence-corrected chi connectivity index (χ0v) is 21.8. The van der Waals surface area contributed by atoms with E-state index in [1.807, 2.05) is 0 Å². The van der Waals surface area contributed by atoms with Gasteiger partial charge in [0.05, 0.1) is 0 Å². The van der Waals surface area contributed by atoms with Gasteiger partial charge < -0.3 is 20.1 Å². The Morgan fingerprint density at radius 1 is 1.03 bits per heavy atom. The summed E-state index contributed by atoms with van der Waals surface area (Å²) >= 11 is 0. The fourth-order valence-corrected chi connectivity index (χ4v) is 5.01. The van der Waals surface area contributed by atoms with Gasteiger partial charge in [0.15, 0.2) is 5.96 Å². The first kappa shape index (κ1) is 26.4. The second-order valence-corrected chi connectivity index (χ2v) is 8.96. The smallest absolute Gasteiger partial charge is 0.191 e. The van der Waals surface area contributed by atoms with Crippen LogP contribution in [0.2, 0.25) is 0 Å². The molecule has 1 aliphatic carbocycles. The Kier molecular flexibility index (Phi) is 11.6. The zero-order chi connectivity index (χ0) is 21.1. The zero-order valence-electron chi connectivity index (χ0n) is 19.5. The molecule has 0 spiro atoms. The molecule has 176 valence electrons. The van der Waals surface area contributed by atoms with Crippen molar-refractivity contribution in [2.45, 2.75) is 64.2 Å². The lowest BCUT2D eigenvalue weighted by Crippen LogP contribution is -2.48. The van der Waals surface area contributed by atoms with E-state index >= 15 is 0 Å². The maximum absolute atomic E-state index is 5.69. The van der Waals surface area contributed by atoms with E-state index in [4.69, 9.17) is 14.5 Å². The topological polar surface area (TPSA) is 54.9 Å². The Morgan fingerprint density at radius 2 is 1.74 bits per heavy atom. The Morgan fingerprint density at radius 3 is 2.39 bits per heavy atom. The number of nitrogens with one attached hydrogen (secondary N) is 2. The van der Waals surface area contributed by atoms with Crippen LogP contribution in [0.5, 0.6) is 0 Å². The number of benzene rings is 1. The third-order valence-electron chi connectivity index (χ3n) is 6.99. The third-order valence-corrected chi connectivity index (χ3v) is 6.99. The highest BCUT2D eigenvalue weighted by Gasteiger charge is 2.35. The van der Waals surface area contributed by atoms with Crippen molar-refractivity contribution in [3.05, 3.63) is 35.9 Å². The predicted molar refractivity (Wildman–Crippen MR) is 140 cm³/mol. The first-order valence-electron chi connectivity index (χ1n) is 12.0. The standard InChI is InChI=1S/C25H41N3O2.HI/c1-3-26-23(27-20-24(12-8-9-13-24)14-17-29-4-2)28-21-25(15-18-30-19-16-25)22-10-6-5-7-11-22;/h5-7,10-11H,3-4,8-9,12-21H2,1-2H3,(H2,26,27,28);1H. The number of aliphatic imine (C=N–C) groups is 1. The van der Waals surface area contributed by atoms with Crippen molar-refractivity contribution >= 4 is 29.9 Å². The third kappa shape index (κ3) is 7.60. The molecule has 1 aromatic carbocycles. The van der Waals surface area contributed by atoms with Crippen LogP contribution in [0.25, 0.3) is 0 Å². The first-order chi connectivity index (χ1) is 14.7. The number of halogens is 1. The lowest BCUT2D eigenvalue weighted by atomic mass is 9.74. The van der Waals surface area contributed by atoms with Crippen molar-refractivity contribution < 1.29 is 9.47 Å². The summed E-state index contributed by atoms with van der Waals surface area (Å²) in [6.07, 6.45) is 8.40. The Bertz CT molecular complexity index is 641. The second-order valence-electron chi connectivity index (χ2n) is 8.96. The summed E-state index contributed by atoms with van der Waals surface area (Å²) in [6.45, 7) is 10.2. The predicted octanol–water partition coefficient (Wildman–Crippen LogP) is 4.89. The van der Waals surface area contributed by atoms with Crippen LogP contribution < -0.4 is 10.6 Å². The minimum absolute atomic E-state index is 0. The molecule has 1 aromatic rings. The normalized spacial score (nSPS) is 20.1. The number of hydrogen-bond donors (Lipinski definition) is 2. The van der Waals surface area contributed by atoms with E-state index in [2.05, 4.69) is 54.8 Å². The highest BCUT2D eigenvalue weighted by Crippen LogP contribution is 2.41. The lowest BCUT2D eigenvalue weighted by Gasteiger charge is -2.38. The molecule has 5 nitrogen and oxygen atoms in total. The van der Waals surface area contributed by atoms with Gasteiger partial charge in [-0.25, -0.2) is 0 Å². The average molecular weight is 544 g/mol. The molecule has 0 aromatic heterocycles. The van der Waals surface area contributed by atoms with E-state index in [-0.39, 0.29) is 29.4 Å². The largest absolute Gasteiger partial charge is 0.382 e. The summed E-state index contributed by atoms with van der Waals surface area (Å²) in [6, 6.07) is 10.9. The summed E-state index contributed by atoms with van der Waals surface area (Å²) in [7, 11) is 0. The van der Waals surface area contributed by atoms with Crippen molar-refractivity contribution in [3.8, 4) is 0 Å². The van der Waals surface area contributed by atoms with Crippen LogP contribution >= 0.6 is 24.0 Å². The number of ether oxygens (including phenoxy) is 2. The number of nitrogens with zero attached hydrogens (tertiary/aromatic N) is 1. The quantitative estimate of drug-likeness (QED) is 0.191. The number of hydrogen-bond acceptors (Lipinski definition) is 3. The molecule has 1 aliphatic heterocycles. The molecule has 31 heavy (non-hydrogen) atoms. The van der Waals surface area contributed by atoms with Gasteiger partial charge in [0.25, 0.3) is 0 Å². The van der Waals surface area contributed by atoms with Crippen molar-refractivity contribution in [3.63, 3.8) is 0 Å². The van der Waals surface area contributed by atoms with Gasteiger partial charge >= 0.3 is 0 Å². The molecule has 3 rings (SSSR count). The van der Waals surface area contributed by atoms with Crippen LogP contribution in [-0.4, -0.2) is 52.0 Å². The molecule has 2 aliphatic rings. The van der Waals surface area contributed by atoms with E-state index < -0.39 is 0 Å². The molecule has 0 atom stereocenters. The molecule has 0 unspecified atom stereocenters. The van der Waals surface area contributed by atoms with Crippen molar-refractivity contribution in [1.82, 2.24) is 10.6 Å². The lowest BCUT2D eigenvalue weighted by molar-refractivity contribution is 0.0513. The Labute approximate surface area is 206 Å². The molecular weight excluding hydrogens is 501 g/mol. The minimum atomic E-state index is 0. The molecule has 1 heterocycles. The number of rotatable bonds is 10. The summed E-state index contributed by atoms with van der Waals surface area (Å²) in [5, 5.41) is 7.17. The van der Waals surface area contributed by atoms with Crippen molar-refractivity contribution in [2.75, 3.05) is 46.1 Å². The van der Waals surface area contributed by atoms with Crippen molar-refractivity contribution in [1.29, 1.82) is 0 Å². The van der Waals surface area contributed by atoms with E-state index in [9.17, 15) is 0 Å². The molecule has 0 amide bonds. The minimum Gasteiger partial charge on any atom is -0.382 e. The molecular formula is C25H42IN3O2. The number of guanidine groups is 1. The van der Waals surface area contributed by atoms with E-state index in [0.717, 1.165) is 71.3 Å². The highest BCUT2D eigenvalue weighted by molar-refractivity contribution is 14.0. The molecule has 6 heteroatoms. The summed E-state index contributed by atoms with van der Waals surface area (Å²) in [4.78, 5) is 5.06. The summed E-state index contributed by atoms with van der Waals surface area (Å²) in [5.41, 5.74) is 1.82. The molecule has 1 saturated carbocycles. The van der Waals surface area contributed by atoms with E-state index in [1.165, 1.54) is 31.2 Å². The second kappa shape index (κ2) is 13.6. The van der Waals surface area contributed by atoms with Crippen LogP contribution in [0.15, 0.2) is 35.3 Å². The summed E-state index contributed by atoms with van der Waals surface area (Å²) in [5.74, 6) is 0.946. The summed E-state index contributed by atoms with van der Waals surface area (Å²) < 4.78 is 11.4. The van der Waals surface area contributed by atoms with Gasteiger partial charge in [-0.05, 0) is 56.9 Å². The van der Waals surface area contributed by atoms with Gasteiger partial charge in [0.1, 0.15) is 0 Å². The molecule has 0 bridgehead atoms. The van der Waals surface area contributed by atoms with Gasteiger partial charge in [-0.15, -0.1) is 24.0 Å².